The maximum absolute atomic E-state index is 14.4. The van der Waals surface area contributed by atoms with Crippen molar-refractivity contribution < 1.29 is 33.8 Å². The maximum Gasteiger partial charge on any atom is 0.330 e. The summed E-state index contributed by atoms with van der Waals surface area (Å²) in [5.41, 5.74) is 1.51. The van der Waals surface area contributed by atoms with Crippen LogP contribution in [0.25, 0.3) is 22.3 Å². The van der Waals surface area contributed by atoms with Gasteiger partial charge in [-0.25, -0.2) is 19.6 Å². The fourth-order valence-corrected chi connectivity index (χ4v) is 8.25. The summed E-state index contributed by atoms with van der Waals surface area (Å²) in [5.74, 6) is -1.70. The SMILES string of the molecule is C=C[C@@H]1C[C@]1(NC(=O)[C@@H]1C[C@@H](Oc2cc(-c3csc(NC(C)C)n3)nc3c(C)c(OC)ccc23)CN1C(=O)[C@@H](NC(=O)NC1CCCC1)C(=C)C)C(=O)O. The molecule has 5 N–H and O–H groups in total. The maximum atomic E-state index is 14.4. The van der Waals surface area contributed by atoms with E-state index in [0.717, 1.165) is 36.4 Å². The van der Waals surface area contributed by atoms with E-state index in [9.17, 15) is 24.3 Å². The van der Waals surface area contributed by atoms with Crippen LogP contribution in [0.4, 0.5) is 9.93 Å². The molecule has 1 aliphatic heterocycles. The van der Waals surface area contributed by atoms with Gasteiger partial charge in [-0.3, -0.25) is 9.59 Å². The fraction of sp³-hybridized carbons (Fsp3) is 0.487. The van der Waals surface area contributed by atoms with Crippen LogP contribution in [0.5, 0.6) is 11.5 Å². The smallest absolute Gasteiger partial charge is 0.330 e. The molecule has 3 heterocycles. The average molecular weight is 760 g/mol. The number of fused-ring (bicyclic) bond motifs is 1. The number of carbonyl (C=O) groups is 4. The standard InChI is InChI=1S/C39H49N7O7S/c1-8-23-17-39(23,36(49)50)45-34(47)29-15-25(18-46(29)35(48)32(20(2)3)44-37(51)41-24-11-9-10-12-24)53-31-16-27(28-19-54-38(43-28)40-21(4)5)42-33-22(6)30(52-7)14-13-26(31)33/h8,13-14,16,19,21,23-25,29,32H,1-2,9-12,15,17-18H2,3-7H3,(H,40,43)(H,45,47)(H,49,50)(H2,41,44,51)/t23-,25-,29+,32+,39-/m1/s1. The monoisotopic (exact) mass is 759 g/mol. The van der Waals surface area contributed by atoms with E-state index in [1.54, 1.807) is 20.1 Å². The summed E-state index contributed by atoms with van der Waals surface area (Å²) in [6.07, 6.45) is 4.81. The summed E-state index contributed by atoms with van der Waals surface area (Å²) < 4.78 is 12.3. The van der Waals surface area contributed by atoms with Crippen LogP contribution < -0.4 is 30.7 Å². The van der Waals surface area contributed by atoms with Crippen LogP contribution in [0.2, 0.25) is 0 Å². The van der Waals surface area contributed by atoms with E-state index in [1.165, 1.54) is 22.3 Å². The van der Waals surface area contributed by atoms with E-state index in [2.05, 4.69) is 34.4 Å². The van der Waals surface area contributed by atoms with Gasteiger partial charge in [0.05, 0.1) is 24.9 Å². The van der Waals surface area contributed by atoms with Crippen LogP contribution in [0, 0.1) is 12.8 Å². The first kappa shape index (κ1) is 38.5. The number of hydrogen-bond donors (Lipinski definition) is 5. The first-order valence-electron chi connectivity index (χ1n) is 18.3. The van der Waals surface area contributed by atoms with E-state index in [1.807, 2.05) is 38.3 Å². The predicted octanol–water partition coefficient (Wildman–Crippen LogP) is 5.18. The zero-order chi connectivity index (χ0) is 38.9. The van der Waals surface area contributed by atoms with Gasteiger partial charge in [-0.2, -0.15) is 0 Å². The molecule has 6 rings (SSSR count). The van der Waals surface area contributed by atoms with Crippen molar-refractivity contribution in [2.45, 2.75) is 102 Å². The Bertz CT molecular complexity index is 1980. The number of thiazole rings is 1. The number of carboxylic acids is 1. The van der Waals surface area contributed by atoms with E-state index >= 15 is 0 Å². The molecule has 3 aromatic rings. The summed E-state index contributed by atoms with van der Waals surface area (Å²) in [6.45, 7) is 15.3. The lowest BCUT2D eigenvalue weighted by molar-refractivity contribution is -0.145. The average Bonchev–Trinajstić information content (AvgIpc) is 3.53. The number of rotatable bonds is 14. The van der Waals surface area contributed by atoms with Gasteiger partial charge in [0.1, 0.15) is 40.9 Å². The number of nitrogens with zero attached hydrogens (tertiary/aromatic N) is 3. The van der Waals surface area contributed by atoms with Crippen molar-refractivity contribution in [2.24, 2.45) is 5.92 Å². The third-order valence-corrected chi connectivity index (χ3v) is 11.2. The quantitative estimate of drug-likeness (QED) is 0.137. The third-order valence-electron chi connectivity index (χ3n) is 10.4. The second-order valence-electron chi connectivity index (χ2n) is 14.8. The highest BCUT2D eigenvalue weighted by molar-refractivity contribution is 7.14. The molecule has 0 unspecified atom stereocenters. The van der Waals surface area contributed by atoms with Gasteiger partial charge in [0, 0.05) is 46.8 Å². The van der Waals surface area contributed by atoms with Gasteiger partial charge in [-0.15, -0.1) is 17.9 Å². The van der Waals surface area contributed by atoms with Crippen molar-refractivity contribution >= 4 is 51.2 Å². The molecule has 15 heteroatoms. The summed E-state index contributed by atoms with van der Waals surface area (Å²) in [6, 6.07) is 2.94. The topological polar surface area (TPSA) is 184 Å². The lowest BCUT2D eigenvalue weighted by Crippen LogP contribution is -2.57. The minimum absolute atomic E-state index is 0.0172. The molecule has 2 aliphatic carbocycles. The van der Waals surface area contributed by atoms with Gasteiger partial charge >= 0.3 is 12.0 Å². The Morgan fingerprint density at radius 3 is 2.50 bits per heavy atom. The van der Waals surface area contributed by atoms with Crippen molar-refractivity contribution in [3.8, 4) is 22.9 Å². The van der Waals surface area contributed by atoms with Crippen LogP contribution in [-0.2, 0) is 14.4 Å². The Morgan fingerprint density at radius 1 is 1.13 bits per heavy atom. The summed E-state index contributed by atoms with van der Waals surface area (Å²) in [5, 5.41) is 25.2. The minimum atomic E-state index is -1.51. The molecule has 1 saturated heterocycles. The van der Waals surface area contributed by atoms with Gasteiger partial charge < -0.3 is 40.7 Å². The molecule has 2 aromatic heterocycles. The zero-order valence-electron chi connectivity index (χ0n) is 31.4. The molecule has 3 fully saturated rings. The highest BCUT2D eigenvalue weighted by Gasteiger charge is 2.61. The largest absolute Gasteiger partial charge is 0.496 e. The van der Waals surface area contributed by atoms with E-state index in [-0.39, 0.29) is 31.5 Å². The summed E-state index contributed by atoms with van der Waals surface area (Å²) >= 11 is 1.46. The number of methoxy groups -OCH3 is 1. The Balaban J connectivity index is 1.33. The number of amides is 4. The molecular weight excluding hydrogens is 711 g/mol. The van der Waals surface area contributed by atoms with Crippen LogP contribution in [0.15, 0.2) is 48.4 Å². The second-order valence-corrected chi connectivity index (χ2v) is 15.7. The van der Waals surface area contributed by atoms with Gasteiger partial charge in [-0.1, -0.05) is 25.5 Å². The molecule has 0 spiro atoms. The highest BCUT2D eigenvalue weighted by atomic mass is 32.1. The Morgan fingerprint density at radius 2 is 1.87 bits per heavy atom. The van der Waals surface area contributed by atoms with Crippen LogP contribution in [0.3, 0.4) is 0 Å². The number of aliphatic carboxylic acids is 1. The van der Waals surface area contributed by atoms with Gasteiger partial charge in [0.15, 0.2) is 5.13 Å². The number of aryl methyl sites for hydroxylation is 1. The lowest BCUT2D eigenvalue weighted by atomic mass is 10.1. The number of carboxylic acid groups (broad SMARTS) is 1. The van der Waals surface area contributed by atoms with Gasteiger partial charge in [0.2, 0.25) is 11.8 Å². The van der Waals surface area contributed by atoms with Crippen molar-refractivity contribution in [3.63, 3.8) is 0 Å². The second kappa shape index (κ2) is 15.7. The molecule has 4 amide bonds. The number of urea groups is 1. The Labute approximate surface area is 318 Å². The van der Waals surface area contributed by atoms with E-state index in [0.29, 0.717) is 39.4 Å². The van der Waals surface area contributed by atoms with Crippen molar-refractivity contribution in [3.05, 3.63) is 53.9 Å². The number of pyridine rings is 1. The van der Waals surface area contributed by atoms with Crippen molar-refractivity contribution in [1.29, 1.82) is 0 Å². The number of carbonyl (C=O) groups excluding carboxylic acids is 3. The van der Waals surface area contributed by atoms with Crippen LogP contribution >= 0.6 is 11.3 Å². The first-order valence-corrected chi connectivity index (χ1v) is 19.2. The van der Waals surface area contributed by atoms with E-state index < -0.39 is 53.5 Å². The minimum Gasteiger partial charge on any atom is -0.496 e. The molecule has 14 nitrogen and oxygen atoms in total. The molecule has 0 bridgehead atoms. The zero-order valence-corrected chi connectivity index (χ0v) is 32.2. The highest BCUT2D eigenvalue weighted by Crippen LogP contribution is 2.45. The molecule has 1 aromatic carbocycles. The number of aromatic nitrogens is 2. The van der Waals surface area contributed by atoms with Gasteiger partial charge in [-0.05, 0) is 64.7 Å². The fourth-order valence-electron chi connectivity index (χ4n) is 7.40. The van der Waals surface area contributed by atoms with Crippen molar-refractivity contribution in [1.82, 2.24) is 30.8 Å². The first-order chi connectivity index (χ1) is 25.7. The number of anilines is 1. The van der Waals surface area contributed by atoms with Gasteiger partial charge in [0.25, 0.3) is 0 Å². The molecule has 288 valence electrons. The number of likely N-dealkylation sites (tertiary alicyclic amines) is 1. The third kappa shape index (κ3) is 7.86. The predicted molar refractivity (Wildman–Crippen MR) is 207 cm³/mol. The molecular formula is C39H49N7O7S. The van der Waals surface area contributed by atoms with Crippen LogP contribution in [-0.4, -0.2) is 93.3 Å². The summed E-state index contributed by atoms with van der Waals surface area (Å²) in [7, 11) is 1.59. The normalized spacial score (nSPS) is 22.8. The molecule has 0 radical (unpaired) electrons. The lowest BCUT2D eigenvalue weighted by Gasteiger charge is -2.30. The molecule has 3 aliphatic rings. The molecule has 54 heavy (non-hydrogen) atoms. The molecule has 2 saturated carbocycles. The number of hydrogen-bond acceptors (Lipinski definition) is 10. The Hall–Kier alpha value is -5.18. The number of benzene rings is 1. The van der Waals surface area contributed by atoms with E-state index in [4.69, 9.17) is 19.4 Å². The van der Waals surface area contributed by atoms with Crippen LogP contribution in [0.1, 0.15) is 64.9 Å². The Kier molecular flexibility index (Phi) is 11.2. The number of ether oxygens (including phenoxy) is 2. The van der Waals surface area contributed by atoms with Crippen molar-refractivity contribution in [2.75, 3.05) is 19.0 Å². The summed E-state index contributed by atoms with van der Waals surface area (Å²) in [4.78, 5) is 64.9. The number of nitrogens with one attached hydrogen (secondary N) is 4. The molecule has 5 atom stereocenters.